The van der Waals surface area contributed by atoms with Gasteiger partial charge in [0.15, 0.2) is 11.6 Å². The van der Waals surface area contributed by atoms with Crippen molar-refractivity contribution in [1.29, 1.82) is 0 Å². The van der Waals surface area contributed by atoms with Crippen LogP contribution in [0.25, 0.3) is 10.2 Å². The summed E-state index contributed by atoms with van der Waals surface area (Å²) in [6, 6.07) is 3.87. The highest BCUT2D eigenvalue weighted by molar-refractivity contribution is 7.17. The van der Waals surface area contributed by atoms with Crippen LogP contribution in [0.1, 0.15) is 25.6 Å². The first kappa shape index (κ1) is 17.4. The van der Waals surface area contributed by atoms with Crippen LogP contribution in [-0.4, -0.2) is 34.7 Å². The van der Waals surface area contributed by atoms with E-state index in [0.717, 1.165) is 47.0 Å². The molecule has 0 bridgehead atoms. The largest absolute Gasteiger partial charge is 0.488 e. The van der Waals surface area contributed by atoms with Gasteiger partial charge in [0.2, 0.25) is 0 Å². The van der Waals surface area contributed by atoms with Crippen LogP contribution in [0.5, 0.6) is 11.5 Å². The van der Waals surface area contributed by atoms with E-state index in [-0.39, 0.29) is 0 Å². The van der Waals surface area contributed by atoms with Crippen molar-refractivity contribution in [3.8, 4) is 11.5 Å². The Bertz CT molecular complexity index is 822. The van der Waals surface area contributed by atoms with Gasteiger partial charge in [0.05, 0.1) is 16.4 Å². The van der Waals surface area contributed by atoms with E-state index in [2.05, 4.69) is 27.2 Å². The summed E-state index contributed by atoms with van der Waals surface area (Å²) < 4.78 is 12.7. The standard InChI is InChI=1S/C18H22N4O2S/c1-3-4-7-20-18-16(12-21-13(2)22-18)24-10-9-23-15-5-8-19-14-6-11-25-17(14)15/h5-6,8,11-12H,3-4,7,9-10H2,1-2H3,(H,20,21,22). The van der Waals surface area contributed by atoms with Crippen LogP contribution in [0.2, 0.25) is 0 Å². The average Bonchev–Trinajstić information content (AvgIpc) is 3.10. The summed E-state index contributed by atoms with van der Waals surface area (Å²) in [5, 5.41) is 5.32. The Hall–Kier alpha value is -2.41. The molecule has 0 amide bonds. The number of rotatable bonds is 9. The van der Waals surface area contributed by atoms with Crippen molar-refractivity contribution in [1.82, 2.24) is 15.0 Å². The molecule has 0 fully saturated rings. The molecule has 0 spiro atoms. The smallest absolute Gasteiger partial charge is 0.180 e. The number of unbranched alkanes of at least 4 members (excludes halogenated alkanes) is 1. The van der Waals surface area contributed by atoms with Gasteiger partial charge >= 0.3 is 0 Å². The Kier molecular flexibility index (Phi) is 6.00. The van der Waals surface area contributed by atoms with E-state index in [9.17, 15) is 0 Å². The van der Waals surface area contributed by atoms with Crippen LogP contribution < -0.4 is 14.8 Å². The summed E-state index contributed by atoms with van der Waals surface area (Å²) in [6.45, 7) is 5.76. The van der Waals surface area contributed by atoms with Gasteiger partial charge in [-0.15, -0.1) is 11.3 Å². The first-order valence-electron chi connectivity index (χ1n) is 8.43. The molecule has 7 heteroatoms. The van der Waals surface area contributed by atoms with Crippen molar-refractivity contribution < 1.29 is 9.47 Å². The number of aromatic nitrogens is 3. The predicted molar refractivity (Wildman–Crippen MR) is 101 cm³/mol. The van der Waals surface area contributed by atoms with Crippen molar-refractivity contribution >= 4 is 27.4 Å². The van der Waals surface area contributed by atoms with Gasteiger partial charge in [-0.05, 0) is 30.9 Å². The second-order valence-corrected chi connectivity index (χ2v) is 6.47. The number of fused-ring (bicyclic) bond motifs is 1. The van der Waals surface area contributed by atoms with Gasteiger partial charge in [-0.1, -0.05) is 13.3 Å². The second kappa shape index (κ2) is 8.62. The molecule has 25 heavy (non-hydrogen) atoms. The van der Waals surface area contributed by atoms with Gasteiger partial charge in [-0.3, -0.25) is 4.98 Å². The SMILES string of the molecule is CCCCNc1nc(C)ncc1OCCOc1ccnc2ccsc12. The number of pyridine rings is 1. The van der Waals surface area contributed by atoms with Crippen molar-refractivity contribution in [2.75, 3.05) is 25.1 Å². The molecule has 0 aromatic carbocycles. The summed E-state index contributed by atoms with van der Waals surface area (Å²) in [6.07, 6.45) is 5.68. The van der Waals surface area contributed by atoms with E-state index >= 15 is 0 Å². The maximum atomic E-state index is 5.85. The third-order valence-electron chi connectivity index (χ3n) is 3.60. The fourth-order valence-corrected chi connectivity index (χ4v) is 3.16. The fourth-order valence-electron chi connectivity index (χ4n) is 2.34. The zero-order chi connectivity index (χ0) is 17.5. The summed E-state index contributed by atoms with van der Waals surface area (Å²) in [5.41, 5.74) is 0.956. The van der Waals surface area contributed by atoms with Crippen molar-refractivity contribution in [3.63, 3.8) is 0 Å². The Morgan fingerprint density at radius 1 is 1.12 bits per heavy atom. The van der Waals surface area contributed by atoms with Crippen molar-refractivity contribution in [3.05, 3.63) is 35.7 Å². The Morgan fingerprint density at radius 2 is 1.96 bits per heavy atom. The summed E-state index contributed by atoms with van der Waals surface area (Å²) >= 11 is 1.63. The molecule has 3 aromatic rings. The third-order valence-corrected chi connectivity index (χ3v) is 4.52. The molecule has 0 unspecified atom stereocenters. The van der Waals surface area contributed by atoms with Crippen LogP contribution in [0.3, 0.4) is 0 Å². The third kappa shape index (κ3) is 4.57. The number of nitrogens with zero attached hydrogens (tertiary/aromatic N) is 3. The molecular formula is C18H22N4O2S. The summed E-state index contributed by atoms with van der Waals surface area (Å²) in [5.74, 6) is 2.95. The number of hydrogen-bond donors (Lipinski definition) is 1. The normalized spacial score (nSPS) is 10.8. The molecule has 6 nitrogen and oxygen atoms in total. The lowest BCUT2D eigenvalue weighted by atomic mass is 10.3. The second-order valence-electron chi connectivity index (χ2n) is 5.55. The molecule has 0 atom stereocenters. The minimum Gasteiger partial charge on any atom is -0.488 e. The predicted octanol–water partition coefficient (Wildman–Crippen LogP) is 4.06. The first-order valence-corrected chi connectivity index (χ1v) is 9.31. The van der Waals surface area contributed by atoms with Crippen LogP contribution in [0.4, 0.5) is 5.82 Å². The van der Waals surface area contributed by atoms with E-state index in [1.807, 2.05) is 24.4 Å². The number of aryl methyl sites for hydroxylation is 1. The lowest BCUT2D eigenvalue weighted by Crippen LogP contribution is -2.12. The van der Waals surface area contributed by atoms with Crippen LogP contribution in [0, 0.1) is 6.92 Å². The minimum absolute atomic E-state index is 0.421. The molecule has 3 rings (SSSR count). The number of thiophene rings is 1. The van der Waals surface area contributed by atoms with Gasteiger partial charge in [0, 0.05) is 12.7 Å². The van der Waals surface area contributed by atoms with Crippen LogP contribution in [-0.2, 0) is 0 Å². The first-order chi connectivity index (χ1) is 12.3. The van der Waals surface area contributed by atoms with Gasteiger partial charge in [0.25, 0.3) is 0 Å². The van der Waals surface area contributed by atoms with Gasteiger partial charge < -0.3 is 14.8 Å². The monoisotopic (exact) mass is 358 g/mol. The topological polar surface area (TPSA) is 69.2 Å². The number of hydrogen-bond acceptors (Lipinski definition) is 7. The quantitative estimate of drug-likeness (QED) is 0.582. The highest BCUT2D eigenvalue weighted by atomic mass is 32.1. The van der Waals surface area contributed by atoms with Crippen LogP contribution in [0.15, 0.2) is 29.9 Å². The highest BCUT2D eigenvalue weighted by Gasteiger charge is 2.08. The maximum absolute atomic E-state index is 5.85. The molecule has 1 N–H and O–H groups in total. The lowest BCUT2D eigenvalue weighted by Gasteiger charge is -2.13. The molecule has 0 aliphatic heterocycles. The summed E-state index contributed by atoms with van der Waals surface area (Å²) in [4.78, 5) is 12.9. The molecule has 132 valence electrons. The fraction of sp³-hybridized carbons (Fsp3) is 0.389. The molecule has 0 aliphatic carbocycles. The molecule has 3 heterocycles. The maximum Gasteiger partial charge on any atom is 0.180 e. The van der Waals surface area contributed by atoms with Crippen molar-refractivity contribution in [2.45, 2.75) is 26.7 Å². The Balaban J connectivity index is 1.56. The van der Waals surface area contributed by atoms with E-state index < -0.39 is 0 Å². The lowest BCUT2D eigenvalue weighted by molar-refractivity contribution is 0.218. The van der Waals surface area contributed by atoms with Crippen molar-refractivity contribution in [2.24, 2.45) is 0 Å². The highest BCUT2D eigenvalue weighted by Crippen LogP contribution is 2.28. The minimum atomic E-state index is 0.421. The Labute approximate surface area is 151 Å². The molecular weight excluding hydrogens is 336 g/mol. The molecule has 3 aromatic heterocycles. The van der Waals surface area contributed by atoms with E-state index in [1.54, 1.807) is 23.7 Å². The molecule has 0 radical (unpaired) electrons. The van der Waals surface area contributed by atoms with Gasteiger partial charge in [0.1, 0.15) is 24.8 Å². The Morgan fingerprint density at radius 3 is 2.80 bits per heavy atom. The molecule has 0 saturated heterocycles. The van der Waals surface area contributed by atoms with Crippen LogP contribution >= 0.6 is 11.3 Å². The van der Waals surface area contributed by atoms with Gasteiger partial charge in [-0.2, -0.15) is 0 Å². The summed E-state index contributed by atoms with van der Waals surface area (Å²) in [7, 11) is 0. The number of anilines is 1. The van der Waals surface area contributed by atoms with E-state index in [0.29, 0.717) is 19.0 Å². The average molecular weight is 358 g/mol. The van der Waals surface area contributed by atoms with E-state index in [4.69, 9.17) is 9.47 Å². The zero-order valence-corrected chi connectivity index (χ0v) is 15.3. The zero-order valence-electron chi connectivity index (χ0n) is 14.5. The number of nitrogens with one attached hydrogen (secondary N) is 1. The van der Waals surface area contributed by atoms with E-state index in [1.165, 1.54) is 0 Å². The molecule has 0 aliphatic rings. The van der Waals surface area contributed by atoms with Gasteiger partial charge in [-0.25, -0.2) is 9.97 Å². The molecule has 0 saturated carbocycles. The number of ether oxygens (including phenoxy) is 2.